The largest absolute Gasteiger partial charge is 0.507 e. The van der Waals surface area contributed by atoms with E-state index in [1.165, 1.54) is 6.33 Å². The van der Waals surface area contributed by atoms with Crippen molar-refractivity contribution in [1.82, 2.24) is 24.5 Å². The molecule has 3 N–H and O–H groups in total. The lowest BCUT2D eigenvalue weighted by Gasteiger charge is -2.15. The Bertz CT molecular complexity index is 1190. The van der Waals surface area contributed by atoms with Crippen molar-refractivity contribution in [3.05, 3.63) is 53.0 Å². The highest BCUT2D eigenvalue weighted by molar-refractivity contribution is 5.87. The average molecular weight is 348 g/mol. The van der Waals surface area contributed by atoms with E-state index in [4.69, 9.17) is 0 Å². The molecule has 1 aromatic carbocycles. The maximum atomic E-state index is 13.0. The van der Waals surface area contributed by atoms with Gasteiger partial charge in [-0.05, 0) is 30.4 Å². The Balaban J connectivity index is 1.59. The lowest BCUT2D eigenvalue weighted by Crippen LogP contribution is -2.24. The van der Waals surface area contributed by atoms with Crippen LogP contribution in [-0.2, 0) is 6.54 Å². The minimum atomic E-state index is -0.144. The molecule has 0 spiro atoms. The standard InChI is InChI=1S/C18H16N6O2/c25-13-3-1-2-10-6-12(24(11-4-5-11)18(26)14(10)13)7-19-16-15-17(21-8-20-15)23-9-22-16/h1-3,6,8-9,11,25H,4-5,7H2,(H2,19,20,21,22,23). The number of benzene rings is 1. The van der Waals surface area contributed by atoms with Crippen LogP contribution in [0.2, 0.25) is 0 Å². The van der Waals surface area contributed by atoms with Crippen LogP contribution in [0, 0.1) is 0 Å². The molecule has 0 saturated heterocycles. The first-order valence-electron chi connectivity index (χ1n) is 8.46. The number of hydrogen-bond acceptors (Lipinski definition) is 6. The number of hydrogen-bond donors (Lipinski definition) is 3. The van der Waals surface area contributed by atoms with Crippen LogP contribution in [0.4, 0.5) is 5.82 Å². The SMILES string of the molecule is O=c1c2c(O)cccc2cc(CNc2ncnc3nc[nH]c23)n1C1CC1. The summed E-state index contributed by atoms with van der Waals surface area (Å²) in [5.41, 5.74) is 2.04. The molecular weight excluding hydrogens is 332 g/mol. The zero-order chi connectivity index (χ0) is 17.7. The third-order valence-electron chi connectivity index (χ3n) is 4.71. The molecule has 0 amide bonds. The molecule has 3 heterocycles. The van der Waals surface area contributed by atoms with Crippen molar-refractivity contribution >= 4 is 27.8 Å². The van der Waals surface area contributed by atoms with Gasteiger partial charge < -0.3 is 20.0 Å². The fraction of sp³-hybridized carbons (Fsp3) is 0.222. The summed E-state index contributed by atoms with van der Waals surface area (Å²) in [5, 5.41) is 14.5. The van der Waals surface area contributed by atoms with Crippen LogP contribution in [0.3, 0.4) is 0 Å². The van der Waals surface area contributed by atoms with Crippen LogP contribution in [0.15, 0.2) is 41.7 Å². The van der Waals surface area contributed by atoms with E-state index >= 15 is 0 Å². The number of anilines is 1. The average Bonchev–Trinajstić information content (AvgIpc) is 3.35. The Morgan fingerprint density at radius 2 is 2.15 bits per heavy atom. The highest BCUT2D eigenvalue weighted by Gasteiger charge is 2.28. The lowest BCUT2D eigenvalue weighted by molar-refractivity contribution is 0.480. The van der Waals surface area contributed by atoms with Crippen molar-refractivity contribution < 1.29 is 5.11 Å². The number of aromatic hydroxyl groups is 1. The third-order valence-corrected chi connectivity index (χ3v) is 4.71. The maximum absolute atomic E-state index is 13.0. The summed E-state index contributed by atoms with van der Waals surface area (Å²) in [4.78, 5) is 28.5. The second kappa shape index (κ2) is 5.55. The van der Waals surface area contributed by atoms with Crippen molar-refractivity contribution in [1.29, 1.82) is 0 Å². The second-order valence-electron chi connectivity index (χ2n) is 6.46. The number of aromatic nitrogens is 5. The van der Waals surface area contributed by atoms with Gasteiger partial charge in [-0.1, -0.05) is 12.1 Å². The molecule has 1 fully saturated rings. The number of rotatable bonds is 4. The minimum absolute atomic E-state index is 0.0244. The number of imidazole rings is 1. The Hall–Kier alpha value is -3.42. The molecule has 1 aliphatic rings. The van der Waals surface area contributed by atoms with Crippen LogP contribution < -0.4 is 10.9 Å². The van der Waals surface area contributed by atoms with E-state index < -0.39 is 0 Å². The van der Waals surface area contributed by atoms with E-state index in [2.05, 4.69) is 25.3 Å². The number of aromatic amines is 1. The first kappa shape index (κ1) is 14.9. The molecular formula is C18H16N6O2. The molecule has 0 radical (unpaired) electrons. The van der Waals surface area contributed by atoms with Crippen LogP contribution >= 0.6 is 0 Å². The number of H-pyrrole nitrogens is 1. The van der Waals surface area contributed by atoms with Gasteiger partial charge in [0, 0.05) is 11.7 Å². The molecule has 8 heteroatoms. The van der Waals surface area contributed by atoms with Gasteiger partial charge in [0.2, 0.25) is 0 Å². The van der Waals surface area contributed by atoms with E-state index in [9.17, 15) is 9.90 Å². The summed E-state index contributed by atoms with van der Waals surface area (Å²) in [6.45, 7) is 0.433. The second-order valence-corrected chi connectivity index (χ2v) is 6.46. The van der Waals surface area contributed by atoms with Crippen molar-refractivity contribution in [2.45, 2.75) is 25.4 Å². The summed E-state index contributed by atoms with van der Waals surface area (Å²) in [7, 11) is 0. The van der Waals surface area contributed by atoms with Gasteiger partial charge in [0.1, 0.15) is 17.6 Å². The van der Waals surface area contributed by atoms with E-state index in [0.717, 1.165) is 29.4 Å². The Labute approximate surface area is 147 Å². The lowest BCUT2D eigenvalue weighted by atomic mass is 10.1. The van der Waals surface area contributed by atoms with E-state index in [-0.39, 0.29) is 17.4 Å². The molecule has 130 valence electrons. The summed E-state index contributed by atoms with van der Waals surface area (Å²) >= 11 is 0. The number of phenols is 1. The van der Waals surface area contributed by atoms with E-state index in [1.807, 2.05) is 12.1 Å². The quantitative estimate of drug-likeness (QED) is 0.522. The highest BCUT2D eigenvalue weighted by Crippen LogP contribution is 2.36. The van der Waals surface area contributed by atoms with Gasteiger partial charge in [-0.15, -0.1) is 0 Å². The summed E-state index contributed by atoms with van der Waals surface area (Å²) < 4.78 is 1.79. The van der Waals surface area contributed by atoms with Gasteiger partial charge in [0.25, 0.3) is 5.56 Å². The number of pyridine rings is 1. The smallest absolute Gasteiger partial charge is 0.262 e. The number of nitrogens with one attached hydrogen (secondary N) is 2. The summed E-state index contributed by atoms with van der Waals surface area (Å²) in [5.74, 6) is 0.662. The number of phenolic OH excluding ortho intramolecular Hbond substituents is 1. The van der Waals surface area contributed by atoms with Crippen molar-refractivity contribution in [2.75, 3.05) is 5.32 Å². The fourth-order valence-corrected chi connectivity index (χ4v) is 3.35. The van der Waals surface area contributed by atoms with Gasteiger partial charge >= 0.3 is 0 Å². The van der Waals surface area contributed by atoms with E-state index in [0.29, 0.717) is 23.4 Å². The molecule has 0 atom stereocenters. The normalized spacial score (nSPS) is 14.2. The third kappa shape index (κ3) is 2.30. The van der Waals surface area contributed by atoms with Gasteiger partial charge in [-0.3, -0.25) is 4.79 Å². The minimum Gasteiger partial charge on any atom is -0.507 e. The first-order chi connectivity index (χ1) is 12.7. The maximum Gasteiger partial charge on any atom is 0.262 e. The topological polar surface area (TPSA) is 109 Å². The summed E-state index contributed by atoms with van der Waals surface area (Å²) in [6.07, 6.45) is 4.98. The van der Waals surface area contributed by atoms with E-state index in [1.54, 1.807) is 23.0 Å². The molecule has 0 bridgehead atoms. The van der Waals surface area contributed by atoms with Crippen molar-refractivity contribution in [3.8, 4) is 5.75 Å². The molecule has 26 heavy (non-hydrogen) atoms. The monoisotopic (exact) mass is 348 g/mol. The molecule has 4 aromatic rings. The molecule has 8 nitrogen and oxygen atoms in total. The highest BCUT2D eigenvalue weighted by atomic mass is 16.3. The van der Waals surface area contributed by atoms with Crippen LogP contribution in [-0.4, -0.2) is 29.6 Å². The predicted molar refractivity (Wildman–Crippen MR) is 97.2 cm³/mol. The molecule has 1 aliphatic carbocycles. The van der Waals surface area contributed by atoms with Gasteiger partial charge in [-0.2, -0.15) is 0 Å². The predicted octanol–water partition coefficient (Wildman–Crippen LogP) is 2.32. The summed E-state index contributed by atoms with van der Waals surface area (Å²) in [6, 6.07) is 7.28. The van der Waals surface area contributed by atoms with Crippen molar-refractivity contribution in [3.63, 3.8) is 0 Å². The zero-order valence-corrected chi connectivity index (χ0v) is 13.8. The Kier molecular flexibility index (Phi) is 3.18. The van der Waals surface area contributed by atoms with Crippen molar-refractivity contribution in [2.24, 2.45) is 0 Å². The zero-order valence-electron chi connectivity index (χ0n) is 13.8. The molecule has 3 aromatic heterocycles. The Morgan fingerprint density at radius 3 is 3.00 bits per heavy atom. The van der Waals surface area contributed by atoms with Gasteiger partial charge in [-0.25, -0.2) is 15.0 Å². The number of nitrogens with zero attached hydrogens (tertiary/aromatic N) is 4. The van der Waals surface area contributed by atoms with Crippen LogP contribution in [0.5, 0.6) is 5.75 Å². The fourth-order valence-electron chi connectivity index (χ4n) is 3.35. The molecule has 0 unspecified atom stereocenters. The molecule has 5 rings (SSSR count). The van der Waals surface area contributed by atoms with Gasteiger partial charge in [0.15, 0.2) is 11.5 Å². The van der Waals surface area contributed by atoms with Crippen LogP contribution in [0.25, 0.3) is 21.9 Å². The number of fused-ring (bicyclic) bond motifs is 2. The Morgan fingerprint density at radius 1 is 1.27 bits per heavy atom. The van der Waals surface area contributed by atoms with Crippen LogP contribution in [0.1, 0.15) is 24.6 Å². The molecule has 0 aliphatic heterocycles. The molecule has 1 saturated carbocycles. The first-order valence-corrected chi connectivity index (χ1v) is 8.46. The van der Waals surface area contributed by atoms with Gasteiger partial charge in [0.05, 0.1) is 18.3 Å².